The number of benzene rings is 2. The molecule has 0 saturated carbocycles. The molecule has 0 radical (unpaired) electrons. The number of carbonyl (C=O) groups excluding carboxylic acids is 1. The van der Waals surface area contributed by atoms with Gasteiger partial charge in [0.15, 0.2) is 0 Å². The molecule has 2 aromatic heterocycles. The highest BCUT2D eigenvalue weighted by Crippen LogP contribution is 2.35. The monoisotopic (exact) mass is 522 g/mol. The first-order valence-electron chi connectivity index (χ1n) is 12.1. The first-order chi connectivity index (χ1) is 17.6. The van der Waals surface area contributed by atoms with Gasteiger partial charge in [-0.2, -0.15) is 5.10 Å². The second-order valence-electron chi connectivity index (χ2n) is 9.28. The number of carbonyl (C=O) groups is 2. The minimum atomic E-state index is -1.10. The van der Waals surface area contributed by atoms with Gasteiger partial charge in [0.2, 0.25) is 0 Å². The lowest BCUT2D eigenvalue weighted by molar-refractivity contribution is -0.135. The van der Waals surface area contributed by atoms with E-state index in [1.807, 2.05) is 69.8 Å². The Labute approximate surface area is 220 Å². The van der Waals surface area contributed by atoms with E-state index in [1.165, 1.54) is 0 Å². The lowest BCUT2D eigenvalue weighted by atomic mass is 9.98. The Kier molecular flexibility index (Phi) is 7.59. The van der Waals surface area contributed by atoms with Crippen molar-refractivity contribution in [3.05, 3.63) is 69.1 Å². The van der Waals surface area contributed by atoms with Crippen molar-refractivity contribution >= 4 is 34.4 Å². The molecular weight excluding hydrogens is 492 g/mol. The van der Waals surface area contributed by atoms with E-state index < -0.39 is 18.4 Å². The van der Waals surface area contributed by atoms with Gasteiger partial charge in [-0.25, -0.2) is 0 Å². The van der Waals surface area contributed by atoms with Crippen molar-refractivity contribution in [2.45, 2.75) is 40.5 Å². The smallest absolute Gasteiger partial charge is 0.322 e. The third-order valence-corrected chi connectivity index (χ3v) is 7.19. The summed E-state index contributed by atoms with van der Waals surface area (Å²) in [5.74, 6) is -0.804. The molecule has 0 atom stereocenters. The molecule has 4 rings (SSSR count). The number of hydrogen-bond acceptors (Lipinski definition) is 4. The summed E-state index contributed by atoms with van der Waals surface area (Å²) < 4.78 is 7.82. The summed E-state index contributed by atoms with van der Waals surface area (Å²) in [5, 5.41) is 17.7. The number of nitrogens with one attached hydrogen (secondary N) is 2. The molecule has 2 aromatic carbocycles. The van der Waals surface area contributed by atoms with Gasteiger partial charge in [-0.1, -0.05) is 29.8 Å². The summed E-state index contributed by atoms with van der Waals surface area (Å²) in [6.45, 7) is 7.85. The Morgan fingerprint density at radius 2 is 1.86 bits per heavy atom. The highest BCUT2D eigenvalue weighted by molar-refractivity contribution is 6.32. The van der Waals surface area contributed by atoms with Crippen LogP contribution in [0.25, 0.3) is 22.0 Å². The van der Waals surface area contributed by atoms with Crippen LogP contribution in [0.1, 0.15) is 45.0 Å². The highest BCUT2D eigenvalue weighted by atomic mass is 35.5. The van der Waals surface area contributed by atoms with Crippen LogP contribution in [0.15, 0.2) is 30.3 Å². The zero-order valence-electron chi connectivity index (χ0n) is 21.7. The van der Waals surface area contributed by atoms with Crippen LogP contribution < -0.4 is 10.1 Å². The van der Waals surface area contributed by atoms with Gasteiger partial charge < -0.3 is 20.1 Å². The van der Waals surface area contributed by atoms with E-state index in [0.717, 1.165) is 60.9 Å². The van der Waals surface area contributed by atoms with Crippen molar-refractivity contribution in [3.8, 4) is 16.9 Å². The minimum Gasteiger partial charge on any atom is -0.494 e. The summed E-state index contributed by atoms with van der Waals surface area (Å²) in [4.78, 5) is 27.4. The second-order valence-corrected chi connectivity index (χ2v) is 9.65. The number of aromatic amines is 1. The number of ether oxygens (including phenoxy) is 1. The molecule has 0 aliphatic rings. The lowest BCUT2D eigenvalue weighted by Gasteiger charge is -2.10. The molecule has 4 aromatic rings. The minimum absolute atomic E-state index is 0.362. The zero-order valence-corrected chi connectivity index (χ0v) is 22.4. The maximum absolute atomic E-state index is 13.0. The molecule has 2 heterocycles. The zero-order chi connectivity index (χ0) is 26.9. The number of carboxylic acids is 1. The number of carboxylic acid groups (broad SMARTS) is 1. The molecule has 0 spiro atoms. The van der Waals surface area contributed by atoms with Gasteiger partial charge in [0.05, 0.1) is 17.8 Å². The fraction of sp³-hybridized carbons (Fsp3) is 0.321. The lowest BCUT2D eigenvalue weighted by Crippen LogP contribution is -2.30. The SMILES string of the molecule is Cc1cc(OCCCc2c(C(=O)NCC(=O)O)[nH]c3c(-c4c(C)nn(C)c4C)cccc23)cc(C)c1Cl. The molecular formula is C28H31ClN4O4. The first kappa shape index (κ1) is 26.3. The van der Waals surface area contributed by atoms with Crippen LogP contribution in [0.5, 0.6) is 5.75 Å². The van der Waals surface area contributed by atoms with Crippen LogP contribution in [0, 0.1) is 27.7 Å². The number of aromatic nitrogens is 3. The second kappa shape index (κ2) is 10.7. The van der Waals surface area contributed by atoms with Gasteiger partial charge in [0.1, 0.15) is 18.0 Å². The maximum Gasteiger partial charge on any atom is 0.322 e. The molecule has 0 bridgehead atoms. The Bertz CT molecular complexity index is 1480. The number of fused-ring (bicyclic) bond motifs is 1. The molecule has 8 nitrogen and oxygen atoms in total. The number of amides is 1. The molecule has 0 saturated heterocycles. The highest BCUT2D eigenvalue weighted by Gasteiger charge is 2.22. The molecule has 37 heavy (non-hydrogen) atoms. The molecule has 194 valence electrons. The summed E-state index contributed by atoms with van der Waals surface area (Å²) in [6.07, 6.45) is 1.22. The van der Waals surface area contributed by atoms with Crippen LogP contribution in [-0.2, 0) is 18.3 Å². The number of aryl methyl sites for hydroxylation is 5. The van der Waals surface area contributed by atoms with Crippen LogP contribution in [-0.4, -0.2) is 44.9 Å². The number of nitrogens with zero attached hydrogens (tertiary/aromatic N) is 2. The normalized spacial score (nSPS) is 11.2. The number of para-hydroxylation sites is 1. The Balaban J connectivity index is 1.66. The summed E-state index contributed by atoms with van der Waals surface area (Å²) >= 11 is 6.27. The molecule has 0 aliphatic heterocycles. The number of hydrogen-bond donors (Lipinski definition) is 3. The van der Waals surface area contributed by atoms with Gasteiger partial charge in [0, 0.05) is 34.3 Å². The van der Waals surface area contributed by atoms with Crippen LogP contribution in [0.4, 0.5) is 0 Å². The van der Waals surface area contributed by atoms with E-state index in [9.17, 15) is 9.59 Å². The van der Waals surface area contributed by atoms with Crippen molar-refractivity contribution in [2.75, 3.05) is 13.2 Å². The average Bonchev–Trinajstić information content (AvgIpc) is 3.34. The van der Waals surface area contributed by atoms with Crippen molar-refractivity contribution < 1.29 is 19.4 Å². The molecule has 3 N–H and O–H groups in total. The standard InChI is InChI=1S/C28H31ClN4O4/c1-15-12-19(13-16(2)25(15)29)37-11-7-10-21-20-8-6-9-22(24-17(3)32-33(5)18(24)4)26(20)31-27(21)28(36)30-14-23(34)35/h6,8-9,12-13,31H,7,10-11,14H2,1-5H3,(H,30,36)(H,34,35). The average molecular weight is 523 g/mol. The number of H-pyrrole nitrogens is 1. The molecule has 0 fully saturated rings. The maximum atomic E-state index is 13.0. The number of halogens is 1. The Morgan fingerprint density at radius 3 is 2.49 bits per heavy atom. The van der Waals surface area contributed by atoms with E-state index in [1.54, 1.807) is 0 Å². The number of rotatable bonds is 9. The molecule has 9 heteroatoms. The summed E-state index contributed by atoms with van der Waals surface area (Å²) in [7, 11) is 1.90. The molecule has 1 amide bonds. The summed E-state index contributed by atoms with van der Waals surface area (Å²) in [6, 6.07) is 9.78. The van der Waals surface area contributed by atoms with Gasteiger partial charge in [-0.05, 0) is 69.4 Å². The van der Waals surface area contributed by atoms with Crippen molar-refractivity contribution in [3.63, 3.8) is 0 Å². The predicted molar refractivity (Wildman–Crippen MR) is 145 cm³/mol. The van der Waals surface area contributed by atoms with Crippen molar-refractivity contribution in [1.29, 1.82) is 0 Å². The third-order valence-electron chi connectivity index (χ3n) is 6.60. The van der Waals surface area contributed by atoms with Crippen LogP contribution in [0.3, 0.4) is 0 Å². The van der Waals surface area contributed by atoms with E-state index in [2.05, 4.69) is 15.4 Å². The largest absolute Gasteiger partial charge is 0.494 e. The Hall–Kier alpha value is -3.78. The quantitative estimate of drug-likeness (QED) is 0.259. The fourth-order valence-corrected chi connectivity index (χ4v) is 4.88. The summed E-state index contributed by atoms with van der Waals surface area (Å²) in [5.41, 5.74) is 7.78. The van der Waals surface area contributed by atoms with E-state index in [0.29, 0.717) is 25.1 Å². The topological polar surface area (TPSA) is 109 Å². The van der Waals surface area contributed by atoms with Gasteiger partial charge in [-0.3, -0.25) is 14.3 Å². The van der Waals surface area contributed by atoms with Crippen molar-refractivity contribution in [2.24, 2.45) is 7.05 Å². The van der Waals surface area contributed by atoms with Crippen LogP contribution in [0.2, 0.25) is 5.02 Å². The van der Waals surface area contributed by atoms with E-state index in [-0.39, 0.29) is 0 Å². The number of aliphatic carboxylic acids is 1. The fourth-order valence-electron chi connectivity index (χ4n) is 4.77. The molecule has 0 unspecified atom stereocenters. The third kappa shape index (κ3) is 5.34. The van der Waals surface area contributed by atoms with Gasteiger partial charge >= 0.3 is 5.97 Å². The van der Waals surface area contributed by atoms with Crippen LogP contribution >= 0.6 is 11.6 Å². The van der Waals surface area contributed by atoms with E-state index >= 15 is 0 Å². The van der Waals surface area contributed by atoms with E-state index in [4.69, 9.17) is 21.4 Å². The predicted octanol–water partition coefficient (Wildman–Crippen LogP) is 5.28. The van der Waals surface area contributed by atoms with Gasteiger partial charge in [-0.15, -0.1) is 0 Å². The van der Waals surface area contributed by atoms with Crippen molar-refractivity contribution in [1.82, 2.24) is 20.1 Å². The Morgan fingerprint density at radius 1 is 1.16 bits per heavy atom. The molecule has 0 aliphatic carbocycles. The first-order valence-corrected chi connectivity index (χ1v) is 12.5. The van der Waals surface area contributed by atoms with Gasteiger partial charge in [0.25, 0.3) is 5.91 Å².